The molecule has 4 heteroatoms. The van der Waals surface area contributed by atoms with Crippen molar-refractivity contribution in [3.8, 4) is 0 Å². The molecule has 0 heterocycles. The summed E-state index contributed by atoms with van der Waals surface area (Å²) in [7, 11) is 0. The van der Waals surface area contributed by atoms with Crippen molar-refractivity contribution in [3.63, 3.8) is 0 Å². The number of rotatable bonds is 6. The molecule has 13 heavy (non-hydrogen) atoms. The Morgan fingerprint density at radius 2 is 2.15 bits per heavy atom. The van der Waals surface area contributed by atoms with Crippen LogP contribution in [0.1, 0.15) is 27.2 Å². The predicted molar refractivity (Wildman–Crippen MR) is 58.9 cm³/mol. The zero-order valence-electron chi connectivity index (χ0n) is 8.72. The number of hydrogen-bond acceptors (Lipinski definition) is 3. The standard InChI is InChI=1S/C9H20N2OS/c1-4-9(2,3)11-8(12)7-13-6-5-10/h4-7,10H2,1-3H3,(H,11,12). The van der Waals surface area contributed by atoms with E-state index in [4.69, 9.17) is 5.73 Å². The molecule has 0 radical (unpaired) electrons. The summed E-state index contributed by atoms with van der Waals surface area (Å²) in [5.41, 5.74) is 5.23. The molecule has 0 bridgehead atoms. The van der Waals surface area contributed by atoms with Gasteiger partial charge in [-0.1, -0.05) is 6.92 Å². The summed E-state index contributed by atoms with van der Waals surface area (Å²) < 4.78 is 0. The van der Waals surface area contributed by atoms with Crippen molar-refractivity contribution in [2.45, 2.75) is 32.7 Å². The Bertz CT molecular complexity index is 160. The quantitative estimate of drug-likeness (QED) is 0.634. The van der Waals surface area contributed by atoms with Crippen molar-refractivity contribution in [1.82, 2.24) is 5.32 Å². The molecule has 0 saturated heterocycles. The number of nitrogens with one attached hydrogen (secondary N) is 1. The molecule has 78 valence electrons. The first-order valence-corrected chi connectivity index (χ1v) is 5.76. The average molecular weight is 204 g/mol. The first-order chi connectivity index (χ1) is 6.02. The van der Waals surface area contributed by atoms with E-state index >= 15 is 0 Å². The van der Waals surface area contributed by atoms with E-state index in [1.807, 2.05) is 13.8 Å². The highest BCUT2D eigenvalue weighted by Gasteiger charge is 2.16. The molecule has 0 aromatic heterocycles. The fraction of sp³-hybridized carbons (Fsp3) is 0.889. The molecule has 3 nitrogen and oxygen atoms in total. The highest BCUT2D eigenvalue weighted by atomic mass is 32.2. The van der Waals surface area contributed by atoms with Crippen LogP contribution in [0.4, 0.5) is 0 Å². The molecule has 0 atom stereocenters. The monoisotopic (exact) mass is 204 g/mol. The second kappa shape index (κ2) is 6.27. The minimum Gasteiger partial charge on any atom is -0.351 e. The molecule has 0 rings (SSSR count). The summed E-state index contributed by atoms with van der Waals surface area (Å²) in [6.07, 6.45) is 0.945. The summed E-state index contributed by atoms with van der Waals surface area (Å²) in [4.78, 5) is 11.3. The van der Waals surface area contributed by atoms with Gasteiger partial charge < -0.3 is 11.1 Å². The number of carbonyl (C=O) groups is 1. The van der Waals surface area contributed by atoms with Gasteiger partial charge in [0, 0.05) is 17.8 Å². The minimum atomic E-state index is -0.0830. The lowest BCUT2D eigenvalue weighted by Gasteiger charge is -2.24. The van der Waals surface area contributed by atoms with Gasteiger partial charge in [0.05, 0.1) is 5.75 Å². The van der Waals surface area contributed by atoms with Crippen molar-refractivity contribution in [2.75, 3.05) is 18.1 Å². The summed E-state index contributed by atoms with van der Waals surface area (Å²) in [6, 6.07) is 0. The molecule has 3 N–H and O–H groups in total. The fourth-order valence-corrected chi connectivity index (χ4v) is 1.32. The van der Waals surface area contributed by atoms with Gasteiger partial charge in [0.15, 0.2) is 0 Å². The summed E-state index contributed by atoms with van der Waals surface area (Å²) in [6.45, 7) is 6.75. The minimum absolute atomic E-state index is 0.0830. The van der Waals surface area contributed by atoms with Crippen LogP contribution in [-0.4, -0.2) is 29.5 Å². The van der Waals surface area contributed by atoms with Crippen LogP contribution in [0, 0.1) is 0 Å². The molecule has 0 aromatic rings. The number of hydrogen-bond donors (Lipinski definition) is 2. The van der Waals surface area contributed by atoms with Crippen molar-refractivity contribution in [1.29, 1.82) is 0 Å². The van der Waals surface area contributed by atoms with E-state index in [9.17, 15) is 4.79 Å². The molecular formula is C9H20N2OS. The maximum atomic E-state index is 11.3. The maximum Gasteiger partial charge on any atom is 0.230 e. The number of amides is 1. The SMILES string of the molecule is CCC(C)(C)NC(=O)CSCCN. The molecule has 0 spiro atoms. The number of nitrogens with two attached hydrogens (primary N) is 1. The van der Waals surface area contributed by atoms with Gasteiger partial charge >= 0.3 is 0 Å². The fourth-order valence-electron chi connectivity index (χ4n) is 0.750. The lowest BCUT2D eigenvalue weighted by Crippen LogP contribution is -2.43. The predicted octanol–water partition coefficient (Wildman–Crippen LogP) is 0.983. The third kappa shape index (κ3) is 6.90. The Kier molecular flexibility index (Phi) is 6.16. The molecule has 0 saturated carbocycles. The molecule has 0 aromatic carbocycles. The Morgan fingerprint density at radius 3 is 2.62 bits per heavy atom. The average Bonchev–Trinajstić information content (AvgIpc) is 2.04. The molecule has 0 aliphatic heterocycles. The largest absolute Gasteiger partial charge is 0.351 e. The number of thioether (sulfide) groups is 1. The van der Waals surface area contributed by atoms with Crippen LogP contribution in [0.15, 0.2) is 0 Å². The van der Waals surface area contributed by atoms with Crippen molar-refractivity contribution >= 4 is 17.7 Å². The first-order valence-electron chi connectivity index (χ1n) is 4.60. The van der Waals surface area contributed by atoms with E-state index in [1.54, 1.807) is 11.8 Å². The Hall–Kier alpha value is -0.220. The zero-order valence-corrected chi connectivity index (χ0v) is 9.54. The Balaban J connectivity index is 3.62. The molecule has 1 amide bonds. The Labute approximate surface area is 84.8 Å². The second-order valence-electron chi connectivity index (χ2n) is 3.63. The van der Waals surface area contributed by atoms with Crippen LogP contribution in [0.3, 0.4) is 0 Å². The van der Waals surface area contributed by atoms with Gasteiger partial charge in [-0.15, -0.1) is 0 Å². The van der Waals surface area contributed by atoms with E-state index < -0.39 is 0 Å². The molecular weight excluding hydrogens is 184 g/mol. The third-order valence-corrected chi connectivity index (χ3v) is 2.85. The van der Waals surface area contributed by atoms with Gasteiger partial charge in [0.25, 0.3) is 0 Å². The molecule has 0 fully saturated rings. The lowest BCUT2D eigenvalue weighted by molar-refractivity contribution is -0.120. The molecule has 0 aliphatic carbocycles. The van der Waals surface area contributed by atoms with Gasteiger partial charge in [-0.25, -0.2) is 0 Å². The molecule has 0 unspecified atom stereocenters. The lowest BCUT2D eigenvalue weighted by atomic mass is 10.0. The van der Waals surface area contributed by atoms with Crippen molar-refractivity contribution in [2.24, 2.45) is 5.73 Å². The van der Waals surface area contributed by atoms with Crippen LogP contribution in [0.2, 0.25) is 0 Å². The van der Waals surface area contributed by atoms with Gasteiger partial charge in [-0.2, -0.15) is 11.8 Å². The zero-order chi connectivity index (χ0) is 10.3. The van der Waals surface area contributed by atoms with Gasteiger partial charge in [-0.3, -0.25) is 4.79 Å². The van der Waals surface area contributed by atoms with Crippen LogP contribution < -0.4 is 11.1 Å². The van der Waals surface area contributed by atoms with Crippen molar-refractivity contribution < 1.29 is 4.79 Å². The van der Waals surface area contributed by atoms with Crippen LogP contribution in [0.5, 0.6) is 0 Å². The highest BCUT2D eigenvalue weighted by molar-refractivity contribution is 7.99. The van der Waals surface area contributed by atoms with E-state index in [-0.39, 0.29) is 11.4 Å². The summed E-state index contributed by atoms with van der Waals surface area (Å²) >= 11 is 1.58. The van der Waals surface area contributed by atoms with Crippen molar-refractivity contribution in [3.05, 3.63) is 0 Å². The Morgan fingerprint density at radius 1 is 1.54 bits per heavy atom. The van der Waals surface area contributed by atoms with E-state index in [1.165, 1.54) is 0 Å². The van der Waals surface area contributed by atoms with E-state index in [2.05, 4.69) is 12.2 Å². The van der Waals surface area contributed by atoms with Gasteiger partial charge in [0.1, 0.15) is 0 Å². The molecule has 0 aliphatic rings. The maximum absolute atomic E-state index is 11.3. The normalized spacial score (nSPS) is 11.4. The first kappa shape index (κ1) is 12.8. The smallest absolute Gasteiger partial charge is 0.230 e. The van der Waals surface area contributed by atoms with E-state index in [0.717, 1.165) is 12.2 Å². The third-order valence-electron chi connectivity index (χ3n) is 1.86. The van der Waals surface area contributed by atoms with Crippen LogP contribution in [0.25, 0.3) is 0 Å². The second-order valence-corrected chi connectivity index (χ2v) is 4.73. The van der Waals surface area contributed by atoms with Gasteiger partial charge in [0.2, 0.25) is 5.91 Å². The van der Waals surface area contributed by atoms with Gasteiger partial charge in [-0.05, 0) is 20.3 Å². The topological polar surface area (TPSA) is 55.1 Å². The summed E-state index contributed by atoms with van der Waals surface area (Å²) in [5.74, 6) is 1.46. The van der Waals surface area contributed by atoms with Crippen LogP contribution in [-0.2, 0) is 4.79 Å². The highest BCUT2D eigenvalue weighted by Crippen LogP contribution is 2.07. The number of carbonyl (C=O) groups excluding carboxylic acids is 1. The van der Waals surface area contributed by atoms with Crippen LogP contribution >= 0.6 is 11.8 Å². The van der Waals surface area contributed by atoms with E-state index in [0.29, 0.717) is 12.3 Å². The summed E-state index contributed by atoms with van der Waals surface area (Å²) in [5, 5.41) is 2.96.